The van der Waals surface area contributed by atoms with E-state index in [1.54, 1.807) is 12.1 Å². The monoisotopic (exact) mass is 200 g/mol. The molecule has 3 heteroatoms. The van der Waals surface area contributed by atoms with E-state index in [9.17, 15) is 13.2 Å². The van der Waals surface area contributed by atoms with Crippen LogP contribution in [0.15, 0.2) is 24.3 Å². The number of hydrogen-bond acceptors (Lipinski definition) is 0. The third kappa shape index (κ3) is 1.63. The molecule has 76 valence electrons. The van der Waals surface area contributed by atoms with E-state index in [1.807, 2.05) is 19.1 Å². The van der Waals surface area contributed by atoms with Gasteiger partial charge in [0.1, 0.15) is 0 Å². The first-order valence-electron chi connectivity index (χ1n) is 4.62. The Balaban J connectivity index is 2.18. The van der Waals surface area contributed by atoms with Gasteiger partial charge in [-0.15, -0.1) is 0 Å². The van der Waals surface area contributed by atoms with Gasteiger partial charge in [-0.1, -0.05) is 24.3 Å². The Hall–Kier alpha value is -0.990. The van der Waals surface area contributed by atoms with Crippen molar-refractivity contribution in [2.24, 2.45) is 5.92 Å². The lowest BCUT2D eigenvalue weighted by atomic mass is 10.0. The van der Waals surface area contributed by atoms with Crippen molar-refractivity contribution in [1.29, 1.82) is 0 Å². The van der Waals surface area contributed by atoms with Crippen molar-refractivity contribution in [3.8, 4) is 0 Å². The predicted octanol–water partition coefficient (Wildman–Crippen LogP) is 3.66. The zero-order chi connectivity index (χ0) is 10.3. The molecule has 2 atom stereocenters. The minimum Gasteiger partial charge on any atom is -0.171 e. The highest BCUT2D eigenvalue weighted by Crippen LogP contribution is 2.56. The third-order valence-corrected chi connectivity index (χ3v) is 2.80. The average Bonchev–Trinajstić information content (AvgIpc) is 2.83. The molecular weight excluding hydrogens is 189 g/mol. The SMILES string of the molecule is Cc1ccccc1[C@@H]1C[C@H]1C(F)(F)F. The molecule has 14 heavy (non-hydrogen) atoms. The first-order valence-corrected chi connectivity index (χ1v) is 4.62. The zero-order valence-corrected chi connectivity index (χ0v) is 7.81. The van der Waals surface area contributed by atoms with Crippen LogP contribution in [0.25, 0.3) is 0 Å². The summed E-state index contributed by atoms with van der Waals surface area (Å²) in [6.45, 7) is 1.86. The maximum absolute atomic E-state index is 12.3. The van der Waals surface area contributed by atoms with E-state index in [1.165, 1.54) is 0 Å². The van der Waals surface area contributed by atoms with Gasteiger partial charge in [0.2, 0.25) is 0 Å². The molecule has 0 heterocycles. The van der Waals surface area contributed by atoms with Gasteiger partial charge < -0.3 is 0 Å². The number of alkyl halides is 3. The van der Waals surface area contributed by atoms with Crippen molar-refractivity contribution in [2.75, 3.05) is 0 Å². The summed E-state index contributed by atoms with van der Waals surface area (Å²) < 4.78 is 36.9. The van der Waals surface area contributed by atoms with Gasteiger partial charge in [0.25, 0.3) is 0 Å². The fourth-order valence-electron chi connectivity index (χ4n) is 1.90. The summed E-state index contributed by atoms with van der Waals surface area (Å²) in [4.78, 5) is 0. The maximum Gasteiger partial charge on any atom is 0.392 e. The number of hydrogen-bond donors (Lipinski definition) is 0. The summed E-state index contributed by atoms with van der Waals surface area (Å²) in [5.41, 5.74) is 1.82. The molecule has 0 aromatic heterocycles. The Morgan fingerprint density at radius 1 is 1.21 bits per heavy atom. The van der Waals surface area contributed by atoms with Gasteiger partial charge in [-0.3, -0.25) is 0 Å². The Kier molecular flexibility index (Phi) is 2.05. The molecule has 0 radical (unpaired) electrons. The molecule has 0 spiro atoms. The number of rotatable bonds is 1. The van der Waals surface area contributed by atoms with E-state index in [0.29, 0.717) is 0 Å². The average molecular weight is 200 g/mol. The van der Waals surface area contributed by atoms with Crippen LogP contribution in [0.5, 0.6) is 0 Å². The first-order chi connectivity index (χ1) is 6.50. The summed E-state index contributed by atoms with van der Waals surface area (Å²) in [5.74, 6) is -1.40. The quantitative estimate of drug-likeness (QED) is 0.649. The van der Waals surface area contributed by atoms with Crippen LogP contribution in [-0.2, 0) is 0 Å². The normalized spacial score (nSPS) is 26.3. The van der Waals surface area contributed by atoms with Crippen LogP contribution in [0.4, 0.5) is 13.2 Å². The Labute approximate surface area is 80.7 Å². The minimum absolute atomic E-state index is 0.258. The number of aryl methyl sites for hydroxylation is 1. The molecule has 0 saturated heterocycles. The molecule has 1 fully saturated rings. The summed E-state index contributed by atoms with van der Waals surface area (Å²) in [7, 11) is 0. The highest BCUT2D eigenvalue weighted by Gasteiger charge is 2.56. The highest BCUT2D eigenvalue weighted by molar-refractivity contribution is 5.33. The maximum atomic E-state index is 12.3. The van der Waals surface area contributed by atoms with Crippen LogP contribution >= 0.6 is 0 Å². The summed E-state index contributed by atoms with van der Waals surface area (Å²) in [5, 5.41) is 0. The molecule has 0 N–H and O–H groups in total. The lowest BCUT2D eigenvalue weighted by Crippen LogP contribution is -2.11. The van der Waals surface area contributed by atoms with E-state index in [0.717, 1.165) is 11.1 Å². The van der Waals surface area contributed by atoms with E-state index < -0.39 is 12.1 Å². The second-order valence-electron chi connectivity index (χ2n) is 3.85. The fourth-order valence-corrected chi connectivity index (χ4v) is 1.90. The second kappa shape index (κ2) is 3.01. The van der Waals surface area contributed by atoms with Crippen LogP contribution in [0.2, 0.25) is 0 Å². The van der Waals surface area contributed by atoms with Crippen LogP contribution in [0, 0.1) is 12.8 Å². The van der Waals surface area contributed by atoms with Crippen molar-refractivity contribution in [3.05, 3.63) is 35.4 Å². The summed E-state index contributed by atoms with van der Waals surface area (Å²) in [6.07, 6.45) is -3.76. The smallest absolute Gasteiger partial charge is 0.171 e. The van der Waals surface area contributed by atoms with Crippen molar-refractivity contribution in [3.63, 3.8) is 0 Å². The van der Waals surface area contributed by atoms with Crippen molar-refractivity contribution in [1.82, 2.24) is 0 Å². The van der Waals surface area contributed by atoms with Crippen LogP contribution in [0.3, 0.4) is 0 Å². The van der Waals surface area contributed by atoms with Gasteiger partial charge in [-0.25, -0.2) is 0 Å². The summed E-state index contributed by atoms with van der Waals surface area (Å²) >= 11 is 0. The standard InChI is InChI=1S/C11H11F3/c1-7-4-2-3-5-8(7)9-6-10(9)11(12,13)14/h2-5,9-10H,6H2,1H3/t9-,10+/m0/s1. The molecule has 0 nitrogen and oxygen atoms in total. The lowest BCUT2D eigenvalue weighted by Gasteiger charge is -2.07. The Morgan fingerprint density at radius 2 is 1.86 bits per heavy atom. The largest absolute Gasteiger partial charge is 0.392 e. The van der Waals surface area contributed by atoms with E-state index in [2.05, 4.69) is 0 Å². The summed E-state index contributed by atoms with van der Waals surface area (Å²) in [6, 6.07) is 7.31. The van der Waals surface area contributed by atoms with Gasteiger partial charge in [-0.2, -0.15) is 13.2 Å². The lowest BCUT2D eigenvalue weighted by molar-refractivity contribution is -0.148. The van der Waals surface area contributed by atoms with Gasteiger partial charge in [-0.05, 0) is 30.4 Å². The van der Waals surface area contributed by atoms with Gasteiger partial charge in [0, 0.05) is 0 Å². The molecule has 0 amide bonds. The van der Waals surface area contributed by atoms with Crippen molar-refractivity contribution >= 4 is 0 Å². The second-order valence-corrected chi connectivity index (χ2v) is 3.85. The molecule has 1 aromatic carbocycles. The van der Waals surface area contributed by atoms with Crippen LogP contribution in [0.1, 0.15) is 23.5 Å². The molecular formula is C11H11F3. The van der Waals surface area contributed by atoms with E-state index in [-0.39, 0.29) is 12.3 Å². The van der Waals surface area contributed by atoms with E-state index in [4.69, 9.17) is 0 Å². The minimum atomic E-state index is -4.02. The zero-order valence-electron chi connectivity index (χ0n) is 7.81. The molecule has 0 aliphatic heterocycles. The van der Waals surface area contributed by atoms with Gasteiger partial charge in [0.05, 0.1) is 5.92 Å². The Bertz CT molecular complexity index is 341. The van der Waals surface area contributed by atoms with Crippen LogP contribution < -0.4 is 0 Å². The molecule has 1 saturated carbocycles. The number of benzene rings is 1. The van der Waals surface area contributed by atoms with Crippen LogP contribution in [-0.4, -0.2) is 6.18 Å². The molecule has 1 aromatic rings. The van der Waals surface area contributed by atoms with Crippen molar-refractivity contribution < 1.29 is 13.2 Å². The molecule has 1 aliphatic rings. The molecule has 0 unspecified atom stereocenters. The third-order valence-electron chi connectivity index (χ3n) is 2.80. The molecule has 0 bridgehead atoms. The highest BCUT2D eigenvalue weighted by atomic mass is 19.4. The van der Waals surface area contributed by atoms with Gasteiger partial charge >= 0.3 is 6.18 Å². The number of halogens is 3. The first kappa shape index (κ1) is 9.56. The predicted molar refractivity (Wildman–Crippen MR) is 48.1 cm³/mol. The van der Waals surface area contributed by atoms with E-state index >= 15 is 0 Å². The molecule has 1 aliphatic carbocycles. The topological polar surface area (TPSA) is 0 Å². The molecule has 2 rings (SSSR count). The fraction of sp³-hybridized carbons (Fsp3) is 0.455. The Morgan fingerprint density at radius 3 is 2.36 bits per heavy atom. The van der Waals surface area contributed by atoms with Gasteiger partial charge in [0.15, 0.2) is 0 Å². The van der Waals surface area contributed by atoms with Crippen molar-refractivity contribution in [2.45, 2.75) is 25.4 Å².